The molecule has 0 rings (SSSR count). The standard InChI is InChI=1S/C13H30ClP/c1-5-6-7-8-9-10-11-12-13-15(2,3,4)14/h5-13H2,1-4H3. The van der Waals surface area contributed by atoms with E-state index in [1.165, 1.54) is 57.5 Å². The van der Waals surface area contributed by atoms with Gasteiger partial charge in [0.2, 0.25) is 0 Å². The summed E-state index contributed by atoms with van der Waals surface area (Å²) in [5, 5.41) is 0. The molecule has 0 aliphatic heterocycles. The first-order valence-electron chi connectivity index (χ1n) is 6.53. The van der Waals surface area contributed by atoms with Gasteiger partial charge in [-0.1, -0.05) is 0 Å². The fourth-order valence-electron chi connectivity index (χ4n) is 1.78. The molecule has 0 unspecified atom stereocenters. The summed E-state index contributed by atoms with van der Waals surface area (Å²) >= 11 is 6.50. The Kier molecular flexibility index (Phi) is 7.47. The molecule has 0 amide bonds. The second-order valence-electron chi connectivity index (χ2n) is 6.12. The molecule has 0 bridgehead atoms. The Balaban J connectivity index is 3.19. The molecule has 0 heterocycles. The summed E-state index contributed by atoms with van der Waals surface area (Å²) in [6.45, 7) is 9.05. The van der Waals surface area contributed by atoms with Crippen molar-refractivity contribution in [2.75, 3.05) is 26.2 Å². The second-order valence-corrected chi connectivity index (χ2v) is 16.2. The molecule has 2 heteroatoms. The van der Waals surface area contributed by atoms with E-state index in [0.717, 1.165) is 0 Å². The number of hydrogen-bond acceptors (Lipinski definition) is 0. The number of unbranched alkanes of at least 4 members (excludes halogenated alkanes) is 7. The zero-order chi connectivity index (χ0) is 11.8. The van der Waals surface area contributed by atoms with Crippen molar-refractivity contribution in [2.24, 2.45) is 0 Å². The molecule has 0 saturated carbocycles. The summed E-state index contributed by atoms with van der Waals surface area (Å²) in [5.74, 6) is -1.72. The Bertz CT molecular complexity index is 148. The summed E-state index contributed by atoms with van der Waals surface area (Å²) in [4.78, 5) is 0. The van der Waals surface area contributed by atoms with Gasteiger partial charge in [0.05, 0.1) is 0 Å². The van der Waals surface area contributed by atoms with E-state index in [1.54, 1.807) is 0 Å². The minimum atomic E-state index is -1.72. The molecule has 0 aliphatic carbocycles. The van der Waals surface area contributed by atoms with Gasteiger partial charge in [0.15, 0.2) is 0 Å². The number of hydrogen-bond donors (Lipinski definition) is 0. The van der Waals surface area contributed by atoms with E-state index in [0.29, 0.717) is 0 Å². The molecule has 0 fully saturated rings. The fourth-order valence-corrected chi connectivity index (χ4v) is 3.43. The van der Waals surface area contributed by atoms with Crippen LogP contribution in [0.15, 0.2) is 0 Å². The van der Waals surface area contributed by atoms with Crippen LogP contribution in [0.2, 0.25) is 0 Å². The van der Waals surface area contributed by atoms with Crippen LogP contribution in [0.4, 0.5) is 0 Å². The average Bonchev–Trinajstić information content (AvgIpc) is 2.07. The van der Waals surface area contributed by atoms with Crippen LogP contribution in [0, 0.1) is 0 Å². The van der Waals surface area contributed by atoms with Gasteiger partial charge in [-0.15, -0.1) is 0 Å². The third kappa shape index (κ3) is 14.7. The first kappa shape index (κ1) is 15.7. The van der Waals surface area contributed by atoms with Crippen molar-refractivity contribution in [3.8, 4) is 0 Å². The van der Waals surface area contributed by atoms with Gasteiger partial charge in [0.1, 0.15) is 0 Å². The van der Waals surface area contributed by atoms with Crippen LogP contribution in [0.5, 0.6) is 0 Å². The van der Waals surface area contributed by atoms with E-state index in [-0.39, 0.29) is 0 Å². The molecule has 0 radical (unpaired) electrons. The Hall–Kier alpha value is 0.720. The van der Waals surface area contributed by atoms with Gasteiger partial charge in [0.25, 0.3) is 0 Å². The normalized spacial score (nSPS) is 14.9. The maximum absolute atomic E-state index is 6.50. The van der Waals surface area contributed by atoms with Gasteiger partial charge in [-0.25, -0.2) is 0 Å². The Labute approximate surface area is 102 Å². The van der Waals surface area contributed by atoms with Gasteiger partial charge >= 0.3 is 102 Å². The number of halogens is 1. The molecule has 15 heavy (non-hydrogen) atoms. The van der Waals surface area contributed by atoms with E-state index in [9.17, 15) is 0 Å². The molecule has 0 N–H and O–H groups in total. The molecule has 0 atom stereocenters. The summed E-state index contributed by atoms with van der Waals surface area (Å²) in [6.07, 6.45) is 12.4. The Morgan fingerprint density at radius 1 is 0.733 bits per heavy atom. The SMILES string of the molecule is CCCCCCCCCCP(C)(C)(C)Cl. The molecule has 0 aliphatic rings. The third-order valence-corrected chi connectivity index (χ3v) is 5.10. The van der Waals surface area contributed by atoms with Gasteiger partial charge in [-0.05, 0) is 0 Å². The summed E-state index contributed by atoms with van der Waals surface area (Å²) < 4.78 is 0. The topological polar surface area (TPSA) is 0 Å². The summed E-state index contributed by atoms with van der Waals surface area (Å²) in [5.41, 5.74) is 0. The molecule has 0 saturated heterocycles. The first-order chi connectivity index (χ1) is 6.81. The van der Waals surface area contributed by atoms with Crippen molar-refractivity contribution in [1.29, 1.82) is 0 Å². The van der Waals surface area contributed by atoms with Gasteiger partial charge in [0, 0.05) is 0 Å². The van der Waals surface area contributed by atoms with Crippen molar-refractivity contribution in [1.82, 2.24) is 0 Å². The van der Waals surface area contributed by atoms with E-state index < -0.39 is 5.96 Å². The monoisotopic (exact) mass is 252 g/mol. The molecule has 0 aromatic heterocycles. The Morgan fingerprint density at radius 2 is 1.13 bits per heavy atom. The van der Waals surface area contributed by atoms with Crippen molar-refractivity contribution in [3.05, 3.63) is 0 Å². The van der Waals surface area contributed by atoms with Gasteiger partial charge < -0.3 is 0 Å². The van der Waals surface area contributed by atoms with Crippen molar-refractivity contribution in [3.63, 3.8) is 0 Å². The molecule has 0 aromatic carbocycles. The molecule has 0 nitrogen and oxygen atoms in total. The van der Waals surface area contributed by atoms with Gasteiger partial charge in [-0.3, -0.25) is 0 Å². The van der Waals surface area contributed by atoms with E-state index in [2.05, 4.69) is 26.9 Å². The zero-order valence-electron chi connectivity index (χ0n) is 11.2. The van der Waals surface area contributed by atoms with Gasteiger partial charge in [-0.2, -0.15) is 0 Å². The van der Waals surface area contributed by atoms with Crippen LogP contribution < -0.4 is 0 Å². The third-order valence-electron chi connectivity index (χ3n) is 2.77. The van der Waals surface area contributed by atoms with Crippen LogP contribution in [0.1, 0.15) is 58.3 Å². The molecular weight excluding hydrogens is 223 g/mol. The van der Waals surface area contributed by atoms with Crippen molar-refractivity contribution >= 4 is 17.2 Å². The van der Waals surface area contributed by atoms with Crippen LogP contribution in [-0.2, 0) is 0 Å². The van der Waals surface area contributed by atoms with E-state index >= 15 is 0 Å². The second kappa shape index (κ2) is 7.13. The van der Waals surface area contributed by atoms with Crippen LogP contribution >= 0.6 is 17.2 Å². The molecule has 0 aromatic rings. The minimum absolute atomic E-state index is 1.25. The quantitative estimate of drug-likeness (QED) is 0.363. The van der Waals surface area contributed by atoms with E-state index in [1.807, 2.05) is 0 Å². The Morgan fingerprint density at radius 3 is 1.53 bits per heavy atom. The predicted octanol–water partition coefficient (Wildman–Crippen LogP) is 5.72. The van der Waals surface area contributed by atoms with E-state index in [4.69, 9.17) is 11.2 Å². The molecule has 0 spiro atoms. The maximum atomic E-state index is 6.50. The van der Waals surface area contributed by atoms with Crippen molar-refractivity contribution < 1.29 is 0 Å². The number of rotatable bonds is 9. The summed E-state index contributed by atoms with van der Waals surface area (Å²) in [6, 6.07) is 0. The summed E-state index contributed by atoms with van der Waals surface area (Å²) in [7, 11) is 0. The predicted molar refractivity (Wildman–Crippen MR) is 78.0 cm³/mol. The van der Waals surface area contributed by atoms with Crippen LogP contribution in [0.3, 0.4) is 0 Å². The van der Waals surface area contributed by atoms with Crippen LogP contribution in [-0.4, -0.2) is 26.2 Å². The molecule has 94 valence electrons. The molecular formula is C13H30ClP. The van der Waals surface area contributed by atoms with Crippen LogP contribution in [0.25, 0.3) is 0 Å². The zero-order valence-corrected chi connectivity index (χ0v) is 12.8. The fraction of sp³-hybridized carbons (Fsp3) is 1.00. The van der Waals surface area contributed by atoms with Crippen molar-refractivity contribution in [2.45, 2.75) is 58.3 Å². The average molecular weight is 253 g/mol. The first-order valence-corrected chi connectivity index (χ1v) is 11.2.